The van der Waals surface area contributed by atoms with E-state index in [9.17, 15) is 4.79 Å². The number of nitrogens with two attached hydrogens (primary N) is 1. The minimum absolute atomic E-state index is 0.429. The van der Waals surface area contributed by atoms with Crippen LogP contribution in [0.4, 0.5) is 0 Å². The minimum Gasteiger partial charge on any atom is -0.347 e. The second-order valence-electron chi connectivity index (χ2n) is 6.33. The predicted octanol–water partition coefficient (Wildman–Crippen LogP) is 4.42. The van der Waals surface area contributed by atoms with Crippen molar-refractivity contribution in [3.05, 3.63) is 69.3 Å². The Morgan fingerprint density at radius 1 is 1.19 bits per heavy atom. The van der Waals surface area contributed by atoms with Gasteiger partial charge < -0.3 is 9.99 Å². The number of aromatic nitrogens is 1. The van der Waals surface area contributed by atoms with E-state index in [1.807, 2.05) is 18.3 Å². The van der Waals surface area contributed by atoms with Crippen molar-refractivity contribution in [1.29, 1.82) is 0 Å². The van der Waals surface area contributed by atoms with Crippen molar-refractivity contribution in [3.63, 3.8) is 0 Å². The molecule has 4 rings (SSSR count). The molecule has 0 spiro atoms. The molecule has 1 aromatic heterocycles. The summed E-state index contributed by atoms with van der Waals surface area (Å²) in [6, 6.07) is 11.3. The summed E-state index contributed by atoms with van der Waals surface area (Å²) in [6.45, 7) is 0.937. The quantitative estimate of drug-likeness (QED) is 0.302. The number of allylic oxidation sites excluding steroid dienone is 1. The van der Waals surface area contributed by atoms with Crippen molar-refractivity contribution in [2.24, 2.45) is 5.84 Å². The number of rotatable bonds is 4. The van der Waals surface area contributed by atoms with Crippen LogP contribution in [0.2, 0.25) is 10.0 Å². The largest absolute Gasteiger partial charge is 0.347 e. The van der Waals surface area contributed by atoms with Gasteiger partial charge in [0.05, 0.1) is 16.2 Å². The molecule has 0 saturated heterocycles. The third-order valence-electron chi connectivity index (χ3n) is 4.85. The highest BCUT2D eigenvalue weighted by molar-refractivity contribution is 6.36. The standard InChI is InChI=1S/C20H17Cl2N3O/c21-13-6-7-15(18(22)9-13)19(24-23)17(11-26)16-10-25-8-2-4-12-3-1-5-14(16)20(12)25/h1,3,5-7,9-11,24H,2,4,8,23H2/b19-17+. The van der Waals surface area contributed by atoms with E-state index in [1.54, 1.807) is 18.2 Å². The number of carbonyl (C=O) groups is 1. The number of halogens is 2. The molecular formula is C20H17Cl2N3O. The molecule has 6 heteroatoms. The number of hydrogen-bond acceptors (Lipinski definition) is 3. The van der Waals surface area contributed by atoms with Crippen LogP contribution in [0.15, 0.2) is 42.6 Å². The lowest BCUT2D eigenvalue weighted by molar-refractivity contribution is -0.103. The normalized spacial score (nSPS) is 14.3. The predicted molar refractivity (Wildman–Crippen MR) is 107 cm³/mol. The zero-order valence-electron chi connectivity index (χ0n) is 13.9. The zero-order valence-corrected chi connectivity index (χ0v) is 15.4. The van der Waals surface area contributed by atoms with Gasteiger partial charge in [-0.15, -0.1) is 0 Å². The van der Waals surface area contributed by atoms with Crippen molar-refractivity contribution in [2.75, 3.05) is 0 Å². The number of hydrogen-bond donors (Lipinski definition) is 2. The van der Waals surface area contributed by atoms with E-state index >= 15 is 0 Å². The third-order valence-corrected chi connectivity index (χ3v) is 5.40. The molecule has 0 amide bonds. The van der Waals surface area contributed by atoms with Crippen molar-refractivity contribution >= 4 is 51.7 Å². The van der Waals surface area contributed by atoms with E-state index in [1.165, 1.54) is 11.1 Å². The number of para-hydroxylation sites is 1. The van der Waals surface area contributed by atoms with Gasteiger partial charge in [-0.25, -0.2) is 0 Å². The molecule has 0 aliphatic carbocycles. The van der Waals surface area contributed by atoms with Crippen LogP contribution in [-0.4, -0.2) is 10.9 Å². The van der Waals surface area contributed by atoms with Crippen molar-refractivity contribution in [1.82, 2.24) is 9.99 Å². The lowest BCUT2D eigenvalue weighted by atomic mass is 9.98. The molecular weight excluding hydrogens is 369 g/mol. The third kappa shape index (κ3) is 2.71. The molecule has 0 atom stereocenters. The van der Waals surface area contributed by atoms with Crippen LogP contribution in [0.1, 0.15) is 23.1 Å². The van der Waals surface area contributed by atoms with E-state index < -0.39 is 0 Å². The molecule has 2 aromatic carbocycles. The fraction of sp³-hybridized carbons (Fsp3) is 0.150. The molecule has 0 unspecified atom stereocenters. The summed E-state index contributed by atoms with van der Waals surface area (Å²) in [5.41, 5.74) is 7.58. The molecule has 3 aromatic rings. The molecule has 26 heavy (non-hydrogen) atoms. The highest BCUT2D eigenvalue weighted by atomic mass is 35.5. The SMILES string of the molecule is NN/C(=C(\C=O)c1cn2c3c(cccc13)CCC2)c1ccc(Cl)cc1Cl. The van der Waals surface area contributed by atoms with Gasteiger partial charge in [-0.1, -0.05) is 41.4 Å². The Morgan fingerprint density at radius 2 is 2.04 bits per heavy atom. The van der Waals surface area contributed by atoms with Crippen molar-refractivity contribution in [2.45, 2.75) is 19.4 Å². The Labute approximate surface area is 161 Å². The summed E-state index contributed by atoms with van der Waals surface area (Å²) < 4.78 is 2.21. The van der Waals surface area contributed by atoms with Crippen LogP contribution >= 0.6 is 23.2 Å². The first kappa shape index (κ1) is 17.2. The molecule has 0 bridgehead atoms. The van der Waals surface area contributed by atoms with Gasteiger partial charge in [0.2, 0.25) is 0 Å². The summed E-state index contributed by atoms with van der Waals surface area (Å²) >= 11 is 12.3. The van der Waals surface area contributed by atoms with Crippen LogP contribution in [0.25, 0.3) is 22.2 Å². The Morgan fingerprint density at radius 3 is 2.77 bits per heavy atom. The van der Waals surface area contributed by atoms with Crippen molar-refractivity contribution < 1.29 is 4.79 Å². The smallest absolute Gasteiger partial charge is 0.152 e. The maximum Gasteiger partial charge on any atom is 0.152 e. The Hall–Kier alpha value is -2.27. The van der Waals surface area contributed by atoms with Gasteiger partial charge in [-0.2, -0.15) is 0 Å². The highest BCUT2D eigenvalue weighted by Crippen LogP contribution is 2.36. The van der Waals surface area contributed by atoms with E-state index in [0.717, 1.165) is 36.6 Å². The fourth-order valence-corrected chi connectivity index (χ4v) is 4.22. The average molecular weight is 386 g/mol. The van der Waals surface area contributed by atoms with Gasteiger partial charge >= 0.3 is 0 Å². The van der Waals surface area contributed by atoms with Gasteiger partial charge in [-0.3, -0.25) is 10.6 Å². The summed E-state index contributed by atoms with van der Waals surface area (Å²) in [5.74, 6) is 5.79. The number of nitrogens with one attached hydrogen (secondary N) is 1. The van der Waals surface area contributed by atoms with Crippen LogP contribution < -0.4 is 11.3 Å². The number of benzene rings is 2. The number of nitrogens with zero attached hydrogens (tertiary/aromatic N) is 1. The first-order chi connectivity index (χ1) is 12.6. The zero-order chi connectivity index (χ0) is 18.3. The number of carbonyl (C=O) groups excluding carboxylic acids is 1. The Balaban J connectivity index is 2.00. The second kappa shape index (κ2) is 6.80. The van der Waals surface area contributed by atoms with Crippen molar-refractivity contribution in [3.8, 4) is 0 Å². The van der Waals surface area contributed by atoms with Gasteiger partial charge in [-0.05, 0) is 36.6 Å². The summed E-state index contributed by atoms with van der Waals surface area (Å²) in [7, 11) is 0. The maximum atomic E-state index is 12.1. The van der Waals surface area contributed by atoms with Crippen LogP contribution in [0, 0.1) is 0 Å². The van der Waals surface area contributed by atoms with Crippen LogP contribution in [0.3, 0.4) is 0 Å². The summed E-state index contributed by atoms with van der Waals surface area (Å²) in [5, 5.41) is 2.00. The fourth-order valence-electron chi connectivity index (χ4n) is 3.72. The molecule has 0 fully saturated rings. The molecule has 1 aliphatic rings. The van der Waals surface area contributed by atoms with Gasteiger partial charge in [0.1, 0.15) is 0 Å². The minimum atomic E-state index is 0.429. The van der Waals surface area contributed by atoms with E-state index in [-0.39, 0.29) is 0 Å². The molecule has 2 heterocycles. The van der Waals surface area contributed by atoms with Gasteiger partial charge in [0, 0.05) is 39.9 Å². The van der Waals surface area contributed by atoms with E-state index in [2.05, 4.69) is 16.1 Å². The average Bonchev–Trinajstić information content (AvgIpc) is 3.01. The number of hydrazine groups is 1. The molecule has 132 valence electrons. The molecule has 0 radical (unpaired) electrons. The summed E-state index contributed by atoms with van der Waals surface area (Å²) in [4.78, 5) is 12.1. The highest BCUT2D eigenvalue weighted by Gasteiger charge is 2.21. The van der Waals surface area contributed by atoms with Crippen LogP contribution in [0.5, 0.6) is 0 Å². The monoisotopic (exact) mass is 385 g/mol. The number of aldehydes is 1. The van der Waals surface area contributed by atoms with Crippen LogP contribution in [-0.2, 0) is 17.8 Å². The topological polar surface area (TPSA) is 60.0 Å². The molecule has 4 nitrogen and oxygen atoms in total. The second-order valence-corrected chi connectivity index (χ2v) is 7.17. The lowest BCUT2D eigenvalue weighted by Crippen LogP contribution is -2.22. The molecule has 0 saturated carbocycles. The number of aryl methyl sites for hydroxylation is 2. The Bertz CT molecular complexity index is 1050. The Kier molecular flexibility index (Phi) is 4.49. The first-order valence-corrected chi connectivity index (χ1v) is 9.12. The van der Waals surface area contributed by atoms with Gasteiger partial charge in [0.25, 0.3) is 0 Å². The first-order valence-electron chi connectivity index (χ1n) is 8.36. The van der Waals surface area contributed by atoms with E-state index in [0.29, 0.717) is 26.9 Å². The maximum absolute atomic E-state index is 12.1. The van der Waals surface area contributed by atoms with E-state index in [4.69, 9.17) is 29.0 Å². The molecule has 3 N–H and O–H groups in total. The molecule has 1 aliphatic heterocycles. The summed E-state index contributed by atoms with van der Waals surface area (Å²) in [6.07, 6.45) is 4.99. The lowest BCUT2D eigenvalue weighted by Gasteiger charge is -2.14. The van der Waals surface area contributed by atoms with Gasteiger partial charge in [0.15, 0.2) is 6.29 Å².